The van der Waals surface area contributed by atoms with Crippen molar-refractivity contribution in [3.63, 3.8) is 0 Å². The van der Waals surface area contributed by atoms with E-state index in [0.29, 0.717) is 12.1 Å². The molecule has 3 nitrogen and oxygen atoms in total. The Morgan fingerprint density at radius 1 is 1.00 bits per heavy atom. The van der Waals surface area contributed by atoms with Crippen molar-refractivity contribution in [3.8, 4) is 0 Å². The van der Waals surface area contributed by atoms with Gasteiger partial charge < -0.3 is 5.11 Å². The van der Waals surface area contributed by atoms with E-state index in [1.165, 1.54) is 0 Å². The van der Waals surface area contributed by atoms with Crippen LogP contribution in [0.4, 0.5) is 0 Å². The number of aliphatic hydroxyl groups excluding tert-OH is 1. The molecular weight excluding hydrogens is 140 g/mol. The molecule has 3 N–H and O–H groups in total. The van der Waals surface area contributed by atoms with Crippen LogP contribution >= 0.6 is 0 Å². The van der Waals surface area contributed by atoms with Crippen LogP contribution in [0.1, 0.15) is 27.7 Å². The Morgan fingerprint density at radius 2 is 1.36 bits per heavy atom. The van der Waals surface area contributed by atoms with Crippen LogP contribution in [0, 0.1) is 0 Å². The summed E-state index contributed by atoms with van der Waals surface area (Å²) in [6.07, 6.45) is 0.0231. The van der Waals surface area contributed by atoms with E-state index in [9.17, 15) is 0 Å². The average molecular weight is 160 g/mol. The molecule has 0 heterocycles. The first-order chi connectivity index (χ1) is 5.06. The molecule has 0 atom stereocenters. The molecule has 11 heavy (non-hydrogen) atoms. The maximum atomic E-state index is 8.90. The van der Waals surface area contributed by atoms with E-state index in [-0.39, 0.29) is 12.8 Å². The number of aliphatic hydroxyl groups is 1. The molecule has 0 fully saturated rings. The predicted molar refractivity (Wildman–Crippen MR) is 47.4 cm³/mol. The fourth-order valence-electron chi connectivity index (χ4n) is 0.958. The van der Waals surface area contributed by atoms with Gasteiger partial charge in [-0.25, -0.2) is 0 Å². The Balaban J connectivity index is 3.58. The highest BCUT2D eigenvalue weighted by molar-refractivity contribution is 4.67. The van der Waals surface area contributed by atoms with Gasteiger partial charge in [-0.05, 0) is 27.7 Å². The van der Waals surface area contributed by atoms with Crippen molar-refractivity contribution in [2.75, 3.05) is 6.61 Å². The second-order valence-corrected chi connectivity index (χ2v) is 3.38. The minimum Gasteiger partial charge on any atom is -0.393 e. The monoisotopic (exact) mass is 160 g/mol. The standard InChI is InChI=1S/C8H20N2O/c1-6(2)9-8(5-11)10-7(3)4/h6-11H,5H2,1-4H3. The molecule has 0 aromatic carbocycles. The molecule has 0 aromatic rings. The zero-order valence-corrected chi connectivity index (χ0v) is 7.89. The number of rotatable bonds is 5. The number of nitrogens with one attached hydrogen (secondary N) is 2. The van der Waals surface area contributed by atoms with Crippen LogP contribution in [0.5, 0.6) is 0 Å². The second kappa shape index (κ2) is 5.52. The molecule has 0 spiro atoms. The van der Waals surface area contributed by atoms with Gasteiger partial charge in [0.25, 0.3) is 0 Å². The molecule has 0 saturated heterocycles. The summed E-state index contributed by atoms with van der Waals surface area (Å²) in [6.45, 7) is 8.38. The molecular formula is C8H20N2O. The van der Waals surface area contributed by atoms with Crippen LogP contribution in [0.15, 0.2) is 0 Å². The Kier molecular flexibility index (Phi) is 5.46. The highest BCUT2D eigenvalue weighted by Gasteiger charge is 2.07. The third kappa shape index (κ3) is 6.28. The van der Waals surface area contributed by atoms with E-state index in [0.717, 1.165) is 0 Å². The van der Waals surface area contributed by atoms with Gasteiger partial charge in [-0.15, -0.1) is 0 Å². The Labute approximate surface area is 69.2 Å². The molecule has 0 aliphatic heterocycles. The lowest BCUT2D eigenvalue weighted by molar-refractivity contribution is 0.204. The molecule has 0 saturated carbocycles. The quantitative estimate of drug-likeness (QED) is 0.507. The first-order valence-corrected chi connectivity index (χ1v) is 4.19. The molecule has 0 amide bonds. The first-order valence-electron chi connectivity index (χ1n) is 4.19. The molecule has 0 aromatic heterocycles. The van der Waals surface area contributed by atoms with E-state index in [1.807, 2.05) is 0 Å². The van der Waals surface area contributed by atoms with Gasteiger partial charge in [0.05, 0.1) is 12.8 Å². The number of hydrogen-bond donors (Lipinski definition) is 3. The maximum Gasteiger partial charge on any atom is 0.0814 e. The zero-order chi connectivity index (χ0) is 8.85. The Hall–Kier alpha value is -0.120. The lowest BCUT2D eigenvalue weighted by Gasteiger charge is -2.22. The van der Waals surface area contributed by atoms with Crippen LogP contribution < -0.4 is 10.6 Å². The van der Waals surface area contributed by atoms with Gasteiger partial charge in [0.15, 0.2) is 0 Å². The molecule has 0 radical (unpaired) electrons. The van der Waals surface area contributed by atoms with Gasteiger partial charge >= 0.3 is 0 Å². The van der Waals surface area contributed by atoms with Crippen molar-refractivity contribution in [2.24, 2.45) is 0 Å². The lowest BCUT2D eigenvalue weighted by atomic mass is 10.3. The van der Waals surface area contributed by atoms with Crippen LogP contribution in [0.3, 0.4) is 0 Å². The van der Waals surface area contributed by atoms with E-state index >= 15 is 0 Å². The second-order valence-electron chi connectivity index (χ2n) is 3.38. The summed E-state index contributed by atoms with van der Waals surface area (Å²) in [7, 11) is 0. The smallest absolute Gasteiger partial charge is 0.0814 e. The first kappa shape index (κ1) is 10.9. The minimum atomic E-state index is 0.0231. The minimum absolute atomic E-state index is 0.0231. The Bertz CT molecular complexity index is 84.1. The molecule has 3 heteroatoms. The fourth-order valence-corrected chi connectivity index (χ4v) is 0.958. The van der Waals surface area contributed by atoms with E-state index in [1.54, 1.807) is 0 Å². The van der Waals surface area contributed by atoms with Gasteiger partial charge in [-0.3, -0.25) is 10.6 Å². The summed E-state index contributed by atoms with van der Waals surface area (Å²) in [5, 5.41) is 15.3. The van der Waals surface area contributed by atoms with Crippen LogP contribution in [-0.4, -0.2) is 30.0 Å². The van der Waals surface area contributed by atoms with Gasteiger partial charge in [-0.1, -0.05) is 0 Å². The van der Waals surface area contributed by atoms with Crippen LogP contribution in [0.25, 0.3) is 0 Å². The topological polar surface area (TPSA) is 44.3 Å². The summed E-state index contributed by atoms with van der Waals surface area (Å²) in [6, 6.07) is 0.803. The van der Waals surface area contributed by atoms with Crippen molar-refractivity contribution in [3.05, 3.63) is 0 Å². The largest absolute Gasteiger partial charge is 0.393 e. The molecule has 0 aliphatic carbocycles. The molecule has 0 rings (SSSR count). The van der Waals surface area contributed by atoms with Crippen LogP contribution in [-0.2, 0) is 0 Å². The highest BCUT2D eigenvalue weighted by atomic mass is 16.3. The van der Waals surface area contributed by atoms with Crippen molar-refractivity contribution >= 4 is 0 Å². The molecule has 0 aliphatic rings. The highest BCUT2D eigenvalue weighted by Crippen LogP contribution is 1.85. The maximum absolute atomic E-state index is 8.90. The van der Waals surface area contributed by atoms with Crippen molar-refractivity contribution < 1.29 is 5.11 Å². The van der Waals surface area contributed by atoms with E-state index in [4.69, 9.17) is 5.11 Å². The summed E-state index contributed by atoms with van der Waals surface area (Å²) in [4.78, 5) is 0. The normalized spacial score (nSPS) is 12.0. The van der Waals surface area contributed by atoms with Crippen LogP contribution in [0.2, 0.25) is 0 Å². The van der Waals surface area contributed by atoms with Gasteiger partial charge in [0.2, 0.25) is 0 Å². The van der Waals surface area contributed by atoms with Gasteiger partial charge in [0.1, 0.15) is 0 Å². The SMILES string of the molecule is CC(C)NC(CO)NC(C)C. The van der Waals surface area contributed by atoms with Gasteiger partial charge in [-0.2, -0.15) is 0 Å². The third-order valence-electron chi connectivity index (χ3n) is 1.25. The van der Waals surface area contributed by atoms with E-state index in [2.05, 4.69) is 38.3 Å². The number of hydrogen-bond acceptors (Lipinski definition) is 3. The summed E-state index contributed by atoms with van der Waals surface area (Å²) in [5.41, 5.74) is 0. The lowest BCUT2D eigenvalue weighted by Crippen LogP contribution is -2.50. The summed E-state index contributed by atoms with van der Waals surface area (Å²) in [5.74, 6) is 0. The zero-order valence-electron chi connectivity index (χ0n) is 7.89. The van der Waals surface area contributed by atoms with Crippen molar-refractivity contribution in [1.82, 2.24) is 10.6 Å². The van der Waals surface area contributed by atoms with Crippen molar-refractivity contribution in [1.29, 1.82) is 0 Å². The third-order valence-corrected chi connectivity index (χ3v) is 1.25. The average Bonchev–Trinajstić information content (AvgIpc) is 1.84. The summed E-state index contributed by atoms with van der Waals surface area (Å²) < 4.78 is 0. The van der Waals surface area contributed by atoms with Gasteiger partial charge in [0, 0.05) is 12.1 Å². The van der Waals surface area contributed by atoms with E-state index < -0.39 is 0 Å². The predicted octanol–water partition coefficient (Wildman–Crippen LogP) is 0.301. The Morgan fingerprint density at radius 3 is 1.55 bits per heavy atom. The van der Waals surface area contributed by atoms with Crippen molar-refractivity contribution in [2.45, 2.75) is 45.9 Å². The fraction of sp³-hybridized carbons (Fsp3) is 1.00. The molecule has 0 bridgehead atoms. The molecule has 68 valence electrons. The molecule has 0 unspecified atom stereocenters. The summed E-state index contributed by atoms with van der Waals surface area (Å²) >= 11 is 0.